The van der Waals surface area contributed by atoms with Crippen molar-refractivity contribution in [1.82, 2.24) is 4.90 Å². The molecule has 0 atom stereocenters. The van der Waals surface area contributed by atoms with Gasteiger partial charge in [0.15, 0.2) is 0 Å². The molecule has 0 saturated carbocycles. The summed E-state index contributed by atoms with van der Waals surface area (Å²) < 4.78 is 0. The molecule has 1 aromatic heterocycles. The minimum Gasteiger partial charge on any atom is -0.322 e. The molecule has 3 nitrogen and oxygen atoms in total. The molecular weight excluding hydrogens is 336 g/mol. The lowest BCUT2D eigenvalue weighted by molar-refractivity contribution is -0.111. The Kier molecular flexibility index (Phi) is 6.12. The normalized spacial score (nSPS) is 15.7. The average molecular weight is 359 g/mol. The predicted molar refractivity (Wildman–Crippen MR) is 106 cm³/mol. The molecule has 2 heterocycles. The number of nitrogens with one attached hydrogen (secondary N) is 1. The van der Waals surface area contributed by atoms with Crippen LogP contribution in [0.2, 0.25) is 0 Å². The molecule has 126 valence electrons. The number of hydrogen-bond acceptors (Lipinski definition) is 4. The van der Waals surface area contributed by atoms with E-state index in [0.717, 1.165) is 35.8 Å². The zero-order chi connectivity index (χ0) is 16.8. The van der Waals surface area contributed by atoms with Crippen molar-refractivity contribution in [2.24, 2.45) is 0 Å². The maximum absolute atomic E-state index is 12.2. The number of carbonyl (C=O) groups is 1. The second-order valence-corrected chi connectivity index (χ2v) is 8.02. The fourth-order valence-electron chi connectivity index (χ4n) is 2.71. The largest absolute Gasteiger partial charge is 0.322 e. The molecule has 1 aromatic carbocycles. The van der Waals surface area contributed by atoms with Crippen LogP contribution in [-0.2, 0) is 11.3 Å². The van der Waals surface area contributed by atoms with E-state index >= 15 is 0 Å². The number of benzene rings is 1. The van der Waals surface area contributed by atoms with Gasteiger partial charge in [-0.05, 0) is 41.6 Å². The second-order valence-electron chi connectivity index (χ2n) is 5.82. The van der Waals surface area contributed by atoms with Gasteiger partial charge in [-0.3, -0.25) is 9.69 Å². The van der Waals surface area contributed by atoms with Crippen LogP contribution in [0.25, 0.3) is 6.08 Å². The summed E-state index contributed by atoms with van der Waals surface area (Å²) >= 11 is 3.65. The van der Waals surface area contributed by atoms with Crippen LogP contribution in [0.5, 0.6) is 0 Å². The Labute approximate surface area is 151 Å². The molecule has 1 amide bonds. The third-order valence-corrected chi connectivity index (χ3v) is 5.92. The molecule has 1 aliphatic heterocycles. The van der Waals surface area contributed by atoms with Crippen molar-refractivity contribution in [1.29, 1.82) is 0 Å². The first-order valence-electron chi connectivity index (χ1n) is 8.13. The Morgan fingerprint density at radius 3 is 2.83 bits per heavy atom. The molecular formula is C19H22N2OS2. The molecule has 2 aromatic rings. The zero-order valence-corrected chi connectivity index (χ0v) is 15.5. The summed E-state index contributed by atoms with van der Waals surface area (Å²) in [5.41, 5.74) is 3.36. The molecule has 1 saturated heterocycles. The highest BCUT2D eigenvalue weighted by Crippen LogP contribution is 2.22. The molecule has 0 unspecified atom stereocenters. The van der Waals surface area contributed by atoms with E-state index in [2.05, 4.69) is 23.2 Å². The van der Waals surface area contributed by atoms with Gasteiger partial charge >= 0.3 is 0 Å². The van der Waals surface area contributed by atoms with E-state index in [-0.39, 0.29) is 5.91 Å². The highest BCUT2D eigenvalue weighted by Gasteiger charge is 2.13. The van der Waals surface area contributed by atoms with Crippen LogP contribution in [0, 0.1) is 6.92 Å². The van der Waals surface area contributed by atoms with Crippen molar-refractivity contribution < 1.29 is 4.79 Å². The van der Waals surface area contributed by atoms with Crippen LogP contribution in [0.4, 0.5) is 5.69 Å². The quantitative estimate of drug-likeness (QED) is 0.811. The number of thioether (sulfide) groups is 1. The van der Waals surface area contributed by atoms with E-state index in [1.54, 1.807) is 17.4 Å². The van der Waals surface area contributed by atoms with Gasteiger partial charge in [0.05, 0.1) is 0 Å². The summed E-state index contributed by atoms with van der Waals surface area (Å²) in [5, 5.41) is 5.01. The van der Waals surface area contributed by atoms with Gasteiger partial charge in [-0.25, -0.2) is 0 Å². The van der Waals surface area contributed by atoms with Crippen LogP contribution in [-0.4, -0.2) is 35.4 Å². The van der Waals surface area contributed by atoms with E-state index in [0.29, 0.717) is 0 Å². The predicted octanol–water partition coefficient (Wildman–Crippen LogP) is 4.26. The van der Waals surface area contributed by atoms with Gasteiger partial charge in [0.2, 0.25) is 5.91 Å². The molecule has 3 rings (SSSR count). The summed E-state index contributed by atoms with van der Waals surface area (Å²) in [6.45, 7) is 5.34. The number of thiophene rings is 1. The van der Waals surface area contributed by atoms with Crippen LogP contribution in [0.3, 0.4) is 0 Å². The van der Waals surface area contributed by atoms with E-state index in [1.807, 2.05) is 47.5 Å². The Morgan fingerprint density at radius 2 is 2.08 bits per heavy atom. The van der Waals surface area contributed by atoms with Crippen molar-refractivity contribution in [3.8, 4) is 0 Å². The Morgan fingerprint density at radius 1 is 1.25 bits per heavy atom. The molecule has 1 N–H and O–H groups in total. The fraction of sp³-hybridized carbons (Fsp3) is 0.316. The van der Waals surface area contributed by atoms with E-state index in [9.17, 15) is 4.79 Å². The Bertz CT molecular complexity index is 704. The van der Waals surface area contributed by atoms with Crippen LogP contribution < -0.4 is 5.32 Å². The SMILES string of the molecule is Cc1c(CN2CCSCC2)cccc1NC(=O)/C=C/c1cccs1. The van der Waals surface area contributed by atoms with Gasteiger partial charge < -0.3 is 5.32 Å². The first-order chi connectivity index (χ1) is 11.7. The fourth-order valence-corrected chi connectivity index (χ4v) is 4.31. The van der Waals surface area contributed by atoms with Gasteiger partial charge in [0.1, 0.15) is 0 Å². The standard InChI is InChI=1S/C19H22N2OS2/c1-15-16(14-21-9-12-23-13-10-21)4-2-6-18(15)20-19(22)8-7-17-5-3-11-24-17/h2-8,11H,9-10,12-14H2,1H3,(H,20,22)/b8-7+. The van der Waals surface area contributed by atoms with Crippen molar-refractivity contribution in [2.75, 3.05) is 29.9 Å². The second kappa shape index (κ2) is 8.51. The molecule has 0 radical (unpaired) electrons. The number of nitrogens with zero attached hydrogens (tertiary/aromatic N) is 1. The van der Waals surface area contributed by atoms with Crippen LogP contribution in [0.1, 0.15) is 16.0 Å². The molecule has 0 bridgehead atoms. The molecule has 5 heteroatoms. The first-order valence-corrected chi connectivity index (χ1v) is 10.2. The third kappa shape index (κ3) is 4.72. The molecule has 1 aliphatic rings. The summed E-state index contributed by atoms with van der Waals surface area (Å²) in [6.07, 6.45) is 3.45. The maximum Gasteiger partial charge on any atom is 0.248 e. The average Bonchev–Trinajstić information content (AvgIpc) is 3.11. The molecule has 1 fully saturated rings. The summed E-state index contributed by atoms with van der Waals surface area (Å²) in [4.78, 5) is 15.7. The van der Waals surface area contributed by atoms with Crippen molar-refractivity contribution >= 4 is 40.8 Å². The van der Waals surface area contributed by atoms with Crippen molar-refractivity contribution in [2.45, 2.75) is 13.5 Å². The van der Waals surface area contributed by atoms with Crippen molar-refractivity contribution in [3.63, 3.8) is 0 Å². The smallest absolute Gasteiger partial charge is 0.248 e. The van der Waals surface area contributed by atoms with Gasteiger partial charge in [-0.1, -0.05) is 18.2 Å². The molecule has 0 spiro atoms. The topological polar surface area (TPSA) is 32.3 Å². The zero-order valence-electron chi connectivity index (χ0n) is 13.8. The highest BCUT2D eigenvalue weighted by atomic mass is 32.2. The van der Waals surface area contributed by atoms with Gasteiger partial charge in [-0.2, -0.15) is 11.8 Å². The lowest BCUT2D eigenvalue weighted by atomic mass is 10.1. The van der Waals surface area contributed by atoms with E-state index < -0.39 is 0 Å². The van der Waals surface area contributed by atoms with Crippen LogP contribution in [0.15, 0.2) is 41.8 Å². The summed E-state index contributed by atoms with van der Waals surface area (Å²) in [7, 11) is 0. The number of rotatable bonds is 5. The minimum atomic E-state index is -0.0852. The molecule has 24 heavy (non-hydrogen) atoms. The lowest BCUT2D eigenvalue weighted by Gasteiger charge is -2.27. The number of hydrogen-bond donors (Lipinski definition) is 1. The first kappa shape index (κ1) is 17.3. The minimum absolute atomic E-state index is 0.0852. The van der Waals surface area contributed by atoms with Gasteiger partial charge in [0.25, 0.3) is 0 Å². The van der Waals surface area contributed by atoms with Crippen LogP contribution >= 0.6 is 23.1 Å². The monoisotopic (exact) mass is 358 g/mol. The Balaban J connectivity index is 1.65. The van der Waals surface area contributed by atoms with E-state index in [1.165, 1.54) is 17.1 Å². The van der Waals surface area contributed by atoms with Crippen molar-refractivity contribution in [3.05, 3.63) is 57.8 Å². The summed E-state index contributed by atoms with van der Waals surface area (Å²) in [6, 6.07) is 10.1. The Hall–Kier alpha value is -1.56. The van der Waals surface area contributed by atoms with Gasteiger partial charge in [-0.15, -0.1) is 11.3 Å². The maximum atomic E-state index is 12.2. The van der Waals surface area contributed by atoms with E-state index in [4.69, 9.17) is 0 Å². The van der Waals surface area contributed by atoms with Gasteiger partial charge in [0, 0.05) is 47.8 Å². The summed E-state index contributed by atoms with van der Waals surface area (Å²) in [5.74, 6) is 2.34. The number of amides is 1. The lowest BCUT2D eigenvalue weighted by Crippen LogP contribution is -2.32. The molecule has 0 aliphatic carbocycles. The number of anilines is 1. The highest BCUT2D eigenvalue weighted by molar-refractivity contribution is 7.99. The number of carbonyl (C=O) groups excluding carboxylic acids is 1. The third-order valence-electron chi connectivity index (χ3n) is 4.14.